The molecule has 0 unspecified atom stereocenters. The Morgan fingerprint density at radius 3 is 2.40 bits per heavy atom. The molecule has 0 saturated heterocycles. The van der Waals surface area contributed by atoms with Crippen LogP contribution in [0.15, 0.2) is 0 Å². The number of hydrogen-bond acceptors (Lipinski definition) is 0. The van der Waals surface area contributed by atoms with E-state index in [2.05, 4.69) is 0 Å². The molecule has 0 radical (unpaired) electrons. The van der Waals surface area contributed by atoms with E-state index in [1.807, 2.05) is 0 Å². The minimum absolute atomic E-state index is 0.0791. The van der Waals surface area contributed by atoms with Crippen molar-refractivity contribution in [2.75, 3.05) is 0 Å². The topological polar surface area (TPSA) is 0 Å². The zero-order valence-corrected chi connectivity index (χ0v) is 7.67. The lowest BCUT2D eigenvalue weighted by molar-refractivity contribution is 1.45. The predicted molar refractivity (Wildman–Crippen MR) is 33.9 cm³/mol. The number of hydrogen-bond donors (Lipinski definition) is 0. The van der Waals surface area contributed by atoms with Crippen LogP contribution in [-0.2, 0) is 0 Å². The standard InChI is InChI=1S/C2H9ClSi2/c3-5-2-1-4/h1-2,5H2,4H3. The van der Waals surface area contributed by atoms with Crippen molar-refractivity contribution in [1.82, 2.24) is 0 Å². The summed E-state index contributed by atoms with van der Waals surface area (Å²) in [4.78, 5) is 0. The smallest absolute Gasteiger partial charge is 0.125 e. The molecule has 0 aromatic rings. The molecular formula is C2H9ClSi2. The van der Waals surface area contributed by atoms with Crippen molar-refractivity contribution in [3.8, 4) is 0 Å². The van der Waals surface area contributed by atoms with Crippen LogP contribution < -0.4 is 0 Å². The SMILES string of the molecule is [SiH3]CC[SiH2]Cl. The molecule has 0 atom stereocenters. The van der Waals surface area contributed by atoms with Gasteiger partial charge in [-0.2, -0.15) is 11.1 Å². The van der Waals surface area contributed by atoms with Crippen LogP contribution in [0.5, 0.6) is 0 Å². The zero-order valence-electron chi connectivity index (χ0n) is 3.50. The van der Waals surface area contributed by atoms with Crippen LogP contribution in [0.2, 0.25) is 12.1 Å². The summed E-state index contributed by atoms with van der Waals surface area (Å²) in [5.41, 5.74) is 0. The molecule has 0 heterocycles. The molecule has 0 aliphatic rings. The van der Waals surface area contributed by atoms with Gasteiger partial charge in [0, 0.05) is 10.2 Å². The summed E-state index contributed by atoms with van der Waals surface area (Å²) >= 11 is 5.46. The fraction of sp³-hybridized carbons (Fsp3) is 1.00. The summed E-state index contributed by atoms with van der Waals surface area (Å²) in [6, 6.07) is 2.77. The highest BCUT2D eigenvalue weighted by molar-refractivity contribution is 6.93. The summed E-state index contributed by atoms with van der Waals surface area (Å²) < 4.78 is 0. The highest BCUT2D eigenvalue weighted by atomic mass is 35.6. The van der Waals surface area contributed by atoms with Crippen molar-refractivity contribution >= 4 is 30.2 Å². The average molecular weight is 125 g/mol. The molecule has 0 amide bonds. The van der Waals surface area contributed by atoms with E-state index < -0.39 is 0 Å². The van der Waals surface area contributed by atoms with Gasteiger partial charge in [0.25, 0.3) is 0 Å². The molecule has 0 fully saturated rings. The molecular weight excluding hydrogens is 116 g/mol. The van der Waals surface area contributed by atoms with E-state index in [0.29, 0.717) is 0 Å². The Labute approximate surface area is 42.9 Å². The molecule has 0 rings (SSSR count). The Morgan fingerprint density at radius 1 is 1.80 bits per heavy atom. The lowest BCUT2D eigenvalue weighted by Crippen LogP contribution is -1.72. The summed E-state index contributed by atoms with van der Waals surface area (Å²) in [7, 11) is 1.27. The van der Waals surface area contributed by atoms with Crippen molar-refractivity contribution in [1.29, 1.82) is 0 Å². The Kier molecular flexibility index (Phi) is 5.41. The van der Waals surface area contributed by atoms with E-state index in [0.717, 1.165) is 0 Å². The Balaban J connectivity index is 2.19. The molecule has 0 aromatic heterocycles. The van der Waals surface area contributed by atoms with Crippen molar-refractivity contribution in [3.63, 3.8) is 0 Å². The van der Waals surface area contributed by atoms with Crippen LogP contribution in [0.1, 0.15) is 0 Å². The fourth-order valence-corrected chi connectivity index (χ4v) is 3.61. The van der Waals surface area contributed by atoms with Crippen LogP contribution in [0.25, 0.3) is 0 Å². The number of halogens is 1. The molecule has 0 spiro atoms. The lowest BCUT2D eigenvalue weighted by Gasteiger charge is -1.75. The third-order valence-corrected chi connectivity index (χ3v) is 4.38. The third-order valence-electron chi connectivity index (χ3n) is 0.487. The van der Waals surface area contributed by atoms with E-state index in [-0.39, 0.29) is 8.83 Å². The van der Waals surface area contributed by atoms with Gasteiger partial charge in [0.1, 0.15) is 8.83 Å². The molecule has 5 heavy (non-hydrogen) atoms. The summed E-state index contributed by atoms with van der Waals surface area (Å²) in [5, 5.41) is 0. The predicted octanol–water partition coefficient (Wildman–Crippen LogP) is -0.489. The molecule has 3 heteroatoms. The zero-order chi connectivity index (χ0) is 4.12. The van der Waals surface area contributed by atoms with E-state index in [1.54, 1.807) is 0 Å². The average Bonchev–Trinajstić information content (AvgIpc) is 1.41. The summed E-state index contributed by atoms with van der Waals surface area (Å²) in [6.07, 6.45) is 0. The van der Waals surface area contributed by atoms with Gasteiger partial charge in [0.2, 0.25) is 0 Å². The minimum Gasteiger partial charge on any atom is -0.176 e. The first kappa shape index (κ1) is 5.72. The fourth-order valence-electron chi connectivity index (χ4n) is 0.134. The van der Waals surface area contributed by atoms with Crippen LogP contribution >= 0.6 is 11.1 Å². The van der Waals surface area contributed by atoms with Gasteiger partial charge in [-0.1, -0.05) is 12.1 Å². The normalized spacial score (nSPS) is 11.4. The van der Waals surface area contributed by atoms with Crippen LogP contribution in [0, 0.1) is 0 Å². The van der Waals surface area contributed by atoms with Gasteiger partial charge < -0.3 is 0 Å². The van der Waals surface area contributed by atoms with Gasteiger partial charge in [-0.25, -0.2) is 0 Å². The second-order valence-corrected chi connectivity index (χ2v) is 4.26. The van der Waals surface area contributed by atoms with Gasteiger partial charge >= 0.3 is 0 Å². The third kappa shape index (κ3) is 4.72. The highest BCUT2D eigenvalue weighted by Crippen LogP contribution is 1.83. The van der Waals surface area contributed by atoms with Crippen molar-refractivity contribution in [2.45, 2.75) is 12.1 Å². The van der Waals surface area contributed by atoms with Crippen molar-refractivity contribution in [3.05, 3.63) is 0 Å². The molecule has 32 valence electrons. The van der Waals surface area contributed by atoms with E-state index >= 15 is 0 Å². The van der Waals surface area contributed by atoms with Crippen LogP contribution in [0.3, 0.4) is 0 Å². The lowest BCUT2D eigenvalue weighted by atomic mass is 11.0. The Hall–Kier alpha value is 0.724. The maximum atomic E-state index is 5.46. The molecule has 0 N–H and O–H groups in total. The van der Waals surface area contributed by atoms with Gasteiger partial charge in [-0.15, -0.1) is 0 Å². The first-order valence-corrected chi connectivity index (χ1v) is 6.53. The molecule has 0 saturated carbocycles. The van der Waals surface area contributed by atoms with Crippen molar-refractivity contribution in [2.24, 2.45) is 0 Å². The highest BCUT2D eigenvalue weighted by Gasteiger charge is 1.72. The second kappa shape index (κ2) is 4.72. The van der Waals surface area contributed by atoms with Gasteiger partial charge in [0.15, 0.2) is 0 Å². The summed E-state index contributed by atoms with van der Waals surface area (Å²) in [5.74, 6) is 0. The molecule has 0 bridgehead atoms. The van der Waals surface area contributed by atoms with Crippen LogP contribution in [-0.4, -0.2) is 19.1 Å². The van der Waals surface area contributed by atoms with Crippen LogP contribution in [0.4, 0.5) is 0 Å². The quantitative estimate of drug-likeness (QED) is 0.345. The van der Waals surface area contributed by atoms with Gasteiger partial charge in [-0.05, 0) is 0 Å². The largest absolute Gasteiger partial charge is 0.176 e. The van der Waals surface area contributed by atoms with E-state index in [4.69, 9.17) is 11.1 Å². The molecule has 0 aliphatic heterocycles. The Bertz CT molecular complexity index is 15.1. The number of rotatable bonds is 2. The Morgan fingerprint density at radius 2 is 2.40 bits per heavy atom. The van der Waals surface area contributed by atoms with Crippen molar-refractivity contribution < 1.29 is 0 Å². The maximum Gasteiger partial charge on any atom is 0.125 e. The first-order chi connectivity index (χ1) is 2.41. The monoisotopic (exact) mass is 124 g/mol. The minimum atomic E-state index is -0.0791. The first-order valence-electron chi connectivity index (χ1n) is 1.97. The van der Waals surface area contributed by atoms with Gasteiger partial charge in [-0.3, -0.25) is 0 Å². The molecule has 0 aromatic carbocycles. The van der Waals surface area contributed by atoms with E-state index in [1.165, 1.54) is 22.3 Å². The van der Waals surface area contributed by atoms with E-state index in [9.17, 15) is 0 Å². The molecule has 0 aliphatic carbocycles. The van der Waals surface area contributed by atoms with Gasteiger partial charge in [0.05, 0.1) is 0 Å². The second-order valence-electron chi connectivity index (χ2n) is 1.04. The summed E-state index contributed by atoms with van der Waals surface area (Å²) in [6.45, 7) is 0. The molecule has 0 nitrogen and oxygen atoms in total. The maximum absolute atomic E-state index is 5.46.